The zero-order chi connectivity index (χ0) is 23.3. The molecule has 4 rings (SSSR count). The van der Waals surface area contributed by atoms with E-state index in [4.69, 9.17) is 4.74 Å². The number of rotatable bonds is 8. The Balaban J connectivity index is 1.64. The maximum absolute atomic E-state index is 13.5. The third-order valence-electron chi connectivity index (χ3n) is 5.54. The van der Waals surface area contributed by atoms with Crippen LogP contribution in [-0.4, -0.2) is 34.5 Å². The summed E-state index contributed by atoms with van der Waals surface area (Å²) in [6.45, 7) is 1.58. The van der Waals surface area contributed by atoms with Gasteiger partial charge in [0.2, 0.25) is 5.91 Å². The molecule has 172 valence electrons. The van der Waals surface area contributed by atoms with Crippen molar-refractivity contribution >= 4 is 33.0 Å². The van der Waals surface area contributed by atoms with Gasteiger partial charge in [-0.05, 0) is 48.7 Å². The molecule has 1 aliphatic heterocycles. The summed E-state index contributed by atoms with van der Waals surface area (Å²) in [7, 11) is -2.46. The van der Waals surface area contributed by atoms with Crippen molar-refractivity contribution in [2.45, 2.75) is 24.2 Å². The van der Waals surface area contributed by atoms with Crippen LogP contribution in [0.2, 0.25) is 0 Å². The van der Waals surface area contributed by atoms with E-state index in [1.54, 1.807) is 36.4 Å². The van der Waals surface area contributed by atoms with E-state index in [1.165, 1.54) is 13.2 Å². The largest absolute Gasteiger partial charge is 0.495 e. The molecule has 33 heavy (non-hydrogen) atoms. The molecule has 1 aliphatic rings. The molecule has 0 aromatic heterocycles. The number of para-hydroxylation sites is 2. The van der Waals surface area contributed by atoms with Crippen LogP contribution >= 0.6 is 0 Å². The first-order valence-electron chi connectivity index (χ1n) is 10.8. The lowest BCUT2D eigenvalue weighted by Crippen LogP contribution is -2.23. The van der Waals surface area contributed by atoms with Crippen LogP contribution in [0.3, 0.4) is 0 Å². The molecule has 7 nitrogen and oxygen atoms in total. The highest BCUT2D eigenvalue weighted by Gasteiger charge is 2.25. The minimum atomic E-state index is -3.95. The monoisotopic (exact) mass is 465 g/mol. The van der Waals surface area contributed by atoms with E-state index in [0.29, 0.717) is 22.8 Å². The Morgan fingerprint density at radius 3 is 2.39 bits per heavy atom. The number of hydrogen-bond acceptors (Lipinski definition) is 5. The quantitative estimate of drug-likeness (QED) is 0.519. The Labute approximate surface area is 194 Å². The first kappa shape index (κ1) is 22.7. The highest BCUT2D eigenvalue weighted by molar-refractivity contribution is 7.93. The Hall–Kier alpha value is -3.52. The van der Waals surface area contributed by atoms with Gasteiger partial charge in [-0.1, -0.05) is 42.5 Å². The van der Waals surface area contributed by atoms with E-state index in [1.807, 2.05) is 30.3 Å². The number of nitrogens with zero attached hydrogens (tertiary/aromatic N) is 1. The van der Waals surface area contributed by atoms with Gasteiger partial charge in [0.15, 0.2) is 0 Å². The number of carbonyl (C=O) groups excluding carboxylic acids is 1. The third-order valence-corrected chi connectivity index (χ3v) is 6.93. The van der Waals surface area contributed by atoms with Crippen LogP contribution in [0.15, 0.2) is 77.7 Å². The van der Waals surface area contributed by atoms with E-state index in [9.17, 15) is 13.2 Å². The van der Waals surface area contributed by atoms with Crippen LogP contribution in [0.4, 0.5) is 17.1 Å². The van der Waals surface area contributed by atoms with Gasteiger partial charge in [0.25, 0.3) is 10.0 Å². The molecule has 8 heteroatoms. The molecule has 0 atom stereocenters. The molecular weight excluding hydrogens is 438 g/mol. The van der Waals surface area contributed by atoms with Crippen LogP contribution in [0.5, 0.6) is 5.75 Å². The molecule has 3 aromatic carbocycles. The average Bonchev–Trinajstić information content (AvgIpc) is 3.34. The van der Waals surface area contributed by atoms with Crippen molar-refractivity contribution in [2.75, 3.05) is 35.1 Å². The normalized spacial score (nSPS) is 13.5. The zero-order valence-electron chi connectivity index (χ0n) is 18.5. The smallest absolute Gasteiger partial charge is 0.264 e. The Morgan fingerprint density at radius 1 is 0.970 bits per heavy atom. The summed E-state index contributed by atoms with van der Waals surface area (Å²) in [6, 6.07) is 21.3. The molecule has 1 saturated heterocycles. The zero-order valence-corrected chi connectivity index (χ0v) is 19.3. The van der Waals surface area contributed by atoms with Crippen molar-refractivity contribution in [3.05, 3.63) is 78.4 Å². The Morgan fingerprint density at radius 2 is 1.67 bits per heavy atom. The highest BCUT2D eigenvalue weighted by atomic mass is 32.2. The van der Waals surface area contributed by atoms with E-state index in [0.717, 1.165) is 31.5 Å². The molecule has 0 radical (unpaired) electrons. The second-order valence-electron chi connectivity index (χ2n) is 7.89. The highest BCUT2D eigenvalue weighted by Crippen LogP contribution is 2.34. The van der Waals surface area contributed by atoms with E-state index in [2.05, 4.69) is 14.9 Å². The van der Waals surface area contributed by atoms with Crippen molar-refractivity contribution in [3.63, 3.8) is 0 Å². The molecule has 0 spiro atoms. The van der Waals surface area contributed by atoms with Gasteiger partial charge in [0.1, 0.15) is 10.6 Å². The van der Waals surface area contributed by atoms with Crippen molar-refractivity contribution in [2.24, 2.45) is 0 Å². The fourth-order valence-corrected chi connectivity index (χ4v) is 5.26. The minimum absolute atomic E-state index is 0.118. The van der Waals surface area contributed by atoms with Crippen LogP contribution in [-0.2, 0) is 21.2 Å². The number of methoxy groups -OCH3 is 1. The molecule has 1 heterocycles. The fraction of sp³-hybridized carbons (Fsp3) is 0.240. The molecule has 3 aromatic rings. The number of ether oxygens (including phenoxy) is 1. The summed E-state index contributed by atoms with van der Waals surface area (Å²) in [4.78, 5) is 14.7. The number of carbonyl (C=O) groups is 1. The second-order valence-corrected chi connectivity index (χ2v) is 9.54. The van der Waals surface area contributed by atoms with Gasteiger partial charge in [-0.25, -0.2) is 8.42 Å². The first-order chi connectivity index (χ1) is 16.0. The molecule has 2 N–H and O–H groups in total. The summed E-state index contributed by atoms with van der Waals surface area (Å²) in [5, 5.41) is 2.83. The number of amides is 1. The lowest BCUT2D eigenvalue weighted by atomic mass is 10.1. The van der Waals surface area contributed by atoms with Crippen LogP contribution in [0, 0.1) is 0 Å². The predicted molar refractivity (Wildman–Crippen MR) is 130 cm³/mol. The maximum Gasteiger partial charge on any atom is 0.264 e. The van der Waals surface area contributed by atoms with Crippen molar-refractivity contribution in [3.8, 4) is 5.75 Å². The van der Waals surface area contributed by atoms with Gasteiger partial charge in [0.05, 0.1) is 24.9 Å². The summed E-state index contributed by atoms with van der Waals surface area (Å²) < 4.78 is 34.9. The van der Waals surface area contributed by atoms with Crippen LogP contribution in [0.25, 0.3) is 0 Å². The maximum atomic E-state index is 13.5. The van der Waals surface area contributed by atoms with Crippen molar-refractivity contribution in [1.82, 2.24) is 0 Å². The Bertz CT molecular complexity index is 1220. The van der Waals surface area contributed by atoms with Crippen molar-refractivity contribution in [1.29, 1.82) is 0 Å². The molecule has 0 bridgehead atoms. The van der Waals surface area contributed by atoms with E-state index >= 15 is 0 Å². The van der Waals surface area contributed by atoms with Crippen molar-refractivity contribution < 1.29 is 17.9 Å². The van der Waals surface area contributed by atoms with Crippen LogP contribution in [0.1, 0.15) is 18.4 Å². The SMILES string of the molecule is COc1ccccc1NS(=O)(=O)c1cc(NC(=O)Cc2ccccc2)ccc1N1CCCC1. The first-order valence-corrected chi connectivity index (χ1v) is 12.3. The lowest BCUT2D eigenvalue weighted by Gasteiger charge is -2.23. The summed E-state index contributed by atoms with van der Waals surface area (Å²) in [6.07, 6.45) is 2.22. The molecule has 1 amide bonds. The predicted octanol–water partition coefficient (Wildman–Crippen LogP) is 4.28. The number of nitrogens with one attached hydrogen (secondary N) is 2. The van der Waals surface area contributed by atoms with Gasteiger partial charge < -0.3 is 15.0 Å². The topological polar surface area (TPSA) is 87.7 Å². The average molecular weight is 466 g/mol. The number of sulfonamides is 1. The van der Waals surface area contributed by atoms with Gasteiger partial charge in [-0.2, -0.15) is 0 Å². The van der Waals surface area contributed by atoms with Gasteiger partial charge in [-0.3, -0.25) is 9.52 Å². The molecule has 0 unspecified atom stereocenters. The number of anilines is 3. The third kappa shape index (κ3) is 5.46. The molecular formula is C25H27N3O4S. The minimum Gasteiger partial charge on any atom is -0.495 e. The molecule has 0 aliphatic carbocycles. The van der Waals surface area contributed by atoms with Gasteiger partial charge in [-0.15, -0.1) is 0 Å². The summed E-state index contributed by atoms with van der Waals surface area (Å²) in [5.74, 6) is 0.215. The fourth-order valence-electron chi connectivity index (χ4n) is 3.94. The number of benzene rings is 3. The second kappa shape index (κ2) is 9.95. The number of hydrogen-bond donors (Lipinski definition) is 2. The molecule has 1 fully saturated rings. The van der Waals surface area contributed by atoms with Gasteiger partial charge in [0, 0.05) is 18.8 Å². The molecule has 0 saturated carbocycles. The Kier molecular flexibility index (Phi) is 6.84. The summed E-state index contributed by atoms with van der Waals surface area (Å²) in [5.41, 5.74) is 2.29. The van der Waals surface area contributed by atoms with Crippen LogP contribution < -0.4 is 19.7 Å². The summed E-state index contributed by atoms with van der Waals surface area (Å²) >= 11 is 0. The van der Waals surface area contributed by atoms with E-state index < -0.39 is 10.0 Å². The standard InChI is InChI=1S/C25H27N3O4S/c1-32-23-12-6-5-11-21(23)27-33(30,31)24-18-20(13-14-22(24)28-15-7-8-16-28)26-25(29)17-19-9-3-2-4-10-19/h2-6,9-14,18,27H,7-8,15-17H2,1H3,(H,26,29). The lowest BCUT2D eigenvalue weighted by molar-refractivity contribution is -0.115. The van der Waals surface area contributed by atoms with E-state index in [-0.39, 0.29) is 17.2 Å². The van der Waals surface area contributed by atoms with Gasteiger partial charge >= 0.3 is 0 Å².